The molecule has 0 saturated carbocycles. The summed E-state index contributed by atoms with van der Waals surface area (Å²) in [4.78, 5) is 5.08. The lowest BCUT2D eigenvalue weighted by Crippen LogP contribution is -2.71. The summed E-state index contributed by atoms with van der Waals surface area (Å²) >= 11 is 0. The Kier molecular flexibility index (Phi) is 15.6. The minimum absolute atomic E-state index is 0.216. The van der Waals surface area contributed by atoms with Crippen molar-refractivity contribution in [3.05, 3.63) is 0 Å². The zero-order valence-electron chi connectivity index (χ0n) is 32.6. The van der Waals surface area contributed by atoms with Gasteiger partial charge in [0.25, 0.3) is 52.8 Å². The van der Waals surface area contributed by atoms with Crippen LogP contribution in [0, 0.1) is 0 Å². The molecule has 0 bridgehead atoms. The fraction of sp³-hybridized carbons (Fsp3) is 1.00. The van der Waals surface area contributed by atoms with E-state index in [1.54, 1.807) is 0 Å². The van der Waals surface area contributed by atoms with Gasteiger partial charge in [0.15, 0.2) is 0 Å². The maximum absolute atomic E-state index is 2.56. The summed E-state index contributed by atoms with van der Waals surface area (Å²) in [5, 5.41) is 0. The fourth-order valence-corrected chi connectivity index (χ4v) is 5.29. The van der Waals surface area contributed by atoms with Crippen LogP contribution in [-0.2, 0) is 0 Å². The molecule has 3 saturated heterocycles. The van der Waals surface area contributed by atoms with Gasteiger partial charge in [-0.05, 0) is 140 Å². The molecular weight excluding hydrogens is 524 g/mol. The highest BCUT2D eigenvalue weighted by molar-refractivity contribution is 6.65. The van der Waals surface area contributed by atoms with Crippen molar-refractivity contribution >= 4 is 52.8 Å². The molecule has 43 heavy (non-hydrogen) atoms. The SMILES string of the molecule is CC(C)(C)N1BN(C(C)(C)C)BN(C(C)(C)C)B1.CC(C)(C)N1BN(C(C)(C)C)CC1.CCN1BN(CC)BN(CC)B1. The minimum Gasteiger partial charge on any atom is -0.363 e. The van der Waals surface area contributed by atoms with Gasteiger partial charge in [-0.15, -0.1) is 0 Å². The largest absolute Gasteiger partial charge is 0.363 e. The van der Waals surface area contributed by atoms with Crippen LogP contribution in [0.15, 0.2) is 0 Å². The average Bonchev–Trinajstić information content (AvgIpc) is 3.39. The second-order valence-electron chi connectivity index (χ2n) is 18.0. The van der Waals surface area contributed by atoms with E-state index in [9.17, 15) is 0 Å². The molecule has 0 aromatic heterocycles. The molecular formula is C28H71B7N8. The van der Waals surface area contributed by atoms with Gasteiger partial charge in [0.05, 0.1) is 0 Å². The van der Waals surface area contributed by atoms with Crippen molar-refractivity contribution in [3.63, 3.8) is 0 Å². The number of nitrogens with zero attached hydrogens (tertiary/aromatic N) is 8. The van der Waals surface area contributed by atoms with Crippen molar-refractivity contribution in [3.8, 4) is 0 Å². The molecule has 244 valence electrons. The molecule has 3 heterocycles. The molecule has 3 aliphatic heterocycles. The van der Waals surface area contributed by atoms with Crippen molar-refractivity contribution in [2.75, 3.05) is 32.7 Å². The molecule has 8 nitrogen and oxygen atoms in total. The first-order chi connectivity index (χ1) is 19.3. The Morgan fingerprint density at radius 2 is 0.581 bits per heavy atom. The molecule has 0 unspecified atom stereocenters. The lowest BCUT2D eigenvalue weighted by atomic mass is 9.65. The van der Waals surface area contributed by atoms with Crippen LogP contribution in [0.4, 0.5) is 0 Å². The van der Waals surface area contributed by atoms with Crippen LogP contribution in [0.3, 0.4) is 0 Å². The third-order valence-electron chi connectivity index (χ3n) is 9.29. The average molecular weight is 596 g/mol. The molecule has 0 aliphatic carbocycles. The molecule has 0 amide bonds. The molecule has 0 aromatic carbocycles. The van der Waals surface area contributed by atoms with Gasteiger partial charge in [0, 0.05) is 24.2 Å². The number of hydrogen-bond donors (Lipinski definition) is 0. The number of rotatable bonds is 3. The summed E-state index contributed by atoms with van der Waals surface area (Å²) in [6.45, 7) is 47.1. The first kappa shape index (κ1) is 41.2. The topological polar surface area (TPSA) is 25.9 Å². The third-order valence-corrected chi connectivity index (χ3v) is 9.29. The molecule has 0 aromatic rings. The van der Waals surface area contributed by atoms with E-state index < -0.39 is 0 Å². The summed E-state index contributed by atoms with van der Waals surface area (Å²) in [6.07, 6.45) is 0. The zero-order valence-corrected chi connectivity index (χ0v) is 32.6. The Morgan fingerprint density at radius 1 is 0.349 bits per heavy atom. The third kappa shape index (κ3) is 14.2. The van der Waals surface area contributed by atoms with Crippen LogP contribution in [0.2, 0.25) is 0 Å². The molecule has 3 aliphatic rings. The summed E-state index contributed by atoms with van der Waals surface area (Å²) in [6, 6.07) is 0. The quantitative estimate of drug-likeness (QED) is 0.452. The van der Waals surface area contributed by atoms with E-state index in [1.165, 1.54) is 13.1 Å². The van der Waals surface area contributed by atoms with Crippen molar-refractivity contribution in [2.45, 2.75) is 152 Å². The molecule has 0 spiro atoms. The minimum atomic E-state index is 0.216. The van der Waals surface area contributed by atoms with Crippen molar-refractivity contribution in [1.82, 2.24) is 38.0 Å². The summed E-state index contributed by atoms with van der Waals surface area (Å²) in [7, 11) is 7.71. The van der Waals surface area contributed by atoms with Crippen LogP contribution in [-0.4, -0.2) is 151 Å². The van der Waals surface area contributed by atoms with E-state index >= 15 is 0 Å². The van der Waals surface area contributed by atoms with Gasteiger partial charge in [-0.1, -0.05) is 20.8 Å². The smallest absolute Gasteiger partial charge is 0.292 e. The van der Waals surface area contributed by atoms with Gasteiger partial charge in [-0.25, -0.2) is 0 Å². The summed E-state index contributed by atoms with van der Waals surface area (Å²) in [5.41, 5.74) is 1.29. The van der Waals surface area contributed by atoms with Gasteiger partial charge >= 0.3 is 0 Å². The van der Waals surface area contributed by atoms with Crippen LogP contribution in [0.25, 0.3) is 0 Å². The first-order valence-corrected chi connectivity index (χ1v) is 17.2. The van der Waals surface area contributed by atoms with E-state index in [4.69, 9.17) is 0 Å². The molecule has 3 fully saturated rings. The molecule has 0 N–H and O–H groups in total. The van der Waals surface area contributed by atoms with Crippen molar-refractivity contribution in [1.29, 1.82) is 0 Å². The van der Waals surface area contributed by atoms with Gasteiger partial charge in [-0.3, -0.25) is 0 Å². The Hall–Kier alpha value is 0.135. The highest BCUT2D eigenvalue weighted by atomic mass is 15.3. The lowest BCUT2D eigenvalue weighted by Gasteiger charge is -2.54. The molecule has 0 atom stereocenters. The molecule has 15 heteroatoms. The van der Waals surface area contributed by atoms with Gasteiger partial charge in [0.2, 0.25) is 0 Å². The highest BCUT2D eigenvalue weighted by Gasteiger charge is 2.40. The Morgan fingerprint density at radius 3 is 0.721 bits per heavy atom. The van der Waals surface area contributed by atoms with E-state index in [1.807, 2.05) is 0 Å². The van der Waals surface area contributed by atoms with Crippen LogP contribution in [0.5, 0.6) is 0 Å². The lowest BCUT2D eigenvalue weighted by molar-refractivity contribution is 0.249. The van der Waals surface area contributed by atoms with Crippen LogP contribution >= 0.6 is 0 Å². The van der Waals surface area contributed by atoms with Gasteiger partial charge in [-0.2, -0.15) is 0 Å². The van der Waals surface area contributed by atoms with Crippen molar-refractivity contribution < 1.29 is 0 Å². The Bertz CT molecular complexity index is 702. The molecule has 3 rings (SSSR count). The standard InChI is InChI=1S/C12H30B3N3.C10H23BN2.C6H18B3N3/c1-10(2,3)16-13-17(11(4,5)6)15-18(14-16)12(7,8)9;1-9(2,3)12-7-8-13(11-12)10(4,5)6;1-4-10-7-11(5-2)9-12(6-3)8-10/h13-15H,1-9H3;11H,7-8H2,1-6H3;7-9H,4-6H2,1-3H3. The molecule has 0 radical (unpaired) electrons. The monoisotopic (exact) mass is 597 g/mol. The normalized spacial score (nSPS) is 21.4. The summed E-state index contributed by atoms with van der Waals surface area (Å²) < 4.78 is 15.1. The maximum Gasteiger partial charge on any atom is 0.292 e. The summed E-state index contributed by atoms with van der Waals surface area (Å²) in [5.74, 6) is 0. The van der Waals surface area contributed by atoms with Gasteiger partial charge in [0.1, 0.15) is 0 Å². The predicted octanol–water partition coefficient (Wildman–Crippen LogP) is 1.33. The zero-order chi connectivity index (χ0) is 33.6. The van der Waals surface area contributed by atoms with Crippen LogP contribution in [0.1, 0.15) is 125 Å². The van der Waals surface area contributed by atoms with E-state index in [-0.39, 0.29) is 16.6 Å². The van der Waals surface area contributed by atoms with E-state index in [0.717, 1.165) is 72.5 Å². The van der Waals surface area contributed by atoms with E-state index in [2.05, 4.69) is 163 Å². The van der Waals surface area contributed by atoms with E-state index in [0.29, 0.717) is 11.1 Å². The maximum atomic E-state index is 2.56. The second-order valence-corrected chi connectivity index (χ2v) is 18.0. The Balaban J connectivity index is 0.000000331. The second kappa shape index (κ2) is 16.3. The fourth-order valence-electron chi connectivity index (χ4n) is 5.29. The van der Waals surface area contributed by atoms with Gasteiger partial charge < -0.3 is 38.0 Å². The van der Waals surface area contributed by atoms with Crippen molar-refractivity contribution in [2.24, 2.45) is 0 Å². The van der Waals surface area contributed by atoms with Crippen LogP contribution < -0.4 is 0 Å². The predicted molar refractivity (Wildman–Crippen MR) is 205 cm³/mol. The Labute approximate surface area is 275 Å². The first-order valence-electron chi connectivity index (χ1n) is 17.2. The highest BCUT2D eigenvalue weighted by Crippen LogP contribution is 2.25. The number of hydrogen-bond acceptors (Lipinski definition) is 8.